The molecule has 3 rings (SSSR count). The Morgan fingerprint density at radius 1 is 1.29 bits per heavy atom. The molecule has 2 atom stereocenters. The minimum absolute atomic E-state index is 0.271. The summed E-state index contributed by atoms with van der Waals surface area (Å²) in [6.45, 7) is 3.05. The molecule has 0 aromatic heterocycles. The minimum Gasteiger partial charge on any atom is -0.478 e. The second-order valence-electron chi connectivity index (χ2n) is 6.89. The van der Waals surface area contributed by atoms with E-state index in [1.807, 2.05) is 18.2 Å². The molecule has 1 aliphatic heterocycles. The maximum atomic E-state index is 12.0. The van der Waals surface area contributed by atoms with Crippen LogP contribution < -0.4 is 10.0 Å². The molecule has 0 spiro atoms. The molecule has 150 valence electrons. The second kappa shape index (κ2) is 9.58. The third kappa shape index (κ3) is 4.96. The van der Waals surface area contributed by atoms with E-state index in [1.54, 1.807) is 18.4 Å². The summed E-state index contributed by atoms with van der Waals surface area (Å²) in [5.41, 5.74) is 3.46. The highest BCUT2D eigenvalue weighted by atomic mass is 32.2. The summed E-state index contributed by atoms with van der Waals surface area (Å²) in [6, 6.07) is 11.4. The fraction of sp³-hybridized carbons (Fsp3) is 0.381. The molecule has 2 aromatic carbocycles. The van der Waals surface area contributed by atoms with Gasteiger partial charge in [-0.2, -0.15) is 0 Å². The van der Waals surface area contributed by atoms with Crippen LogP contribution in [0.25, 0.3) is 0 Å². The van der Waals surface area contributed by atoms with Gasteiger partial charge in [-0.05, 0) is 73.1 Å². The van der Waals surface area contributed by atoms with Gasteiger partial charge in [-0.1, -0.05) is 25.5 Å². The molecule has 0 bridgehead atoms. The van der Waals surface area contributed by atoms with Gasteiger partial charge in [0.15, 0.2) is 0 Å². The van der Waals surface area contributed by atoms with Crippen molar-refractivity contribution in [3.63, 3.8) is 0 Å². The number of benzene rings is 2. The Kier molecular flexibility index (Phi) is 7.15. The summed E-state index contributed by atoms with van der Waals surface area (Å²) < 4.78 is 15.4. The molecule has 0 amide bonds. The number of aromatic carboxylic acids is 1. The molecule has 1 saturated heterocycles. The first-order valence-corrected chi connectivity index (χ1v) is 11.9. The van der Waals surface area contributed by atoms with Crippen LogP contribution in [0, 0.1) is 0 Å². The molecule has 0 saturated carbocycles. The minimum atomic E-state index is -1.06. The first-order valence-electron chi connectivity index (χ1n) is 9.49. The van der Waals surface area contributed by atoms with Crippen molar-refractivity contribution < 1.29 is 14.1 Å². The first kappa shape index (κ1) is 20.9. The number of piperidine rings is 1. The monoisotopic (exact) mass is 418 g/mol. The van der Waals surface area contributed by atoms with Crippen molar-refractivity contribution in [1.82, 2.24) is 5.32 Å². The Morgan fingerprint density at radius 2 is 2.11 bits per heavy atom. The van der Waals surface area contributed by atoms with Crippen molar-refractivity contribution in [1.29, 1.82) is 0 Å². The van der Waals surface area contributed by atoms with E-state index in [1.165, 1.54) is 24.8 Å². The Bertz CT molecular complexity index is 880. The Labute approximate surface area is 172 Å². The van der Waals surface area contributed by atoms with Gasteiger partial charge in [0.2, 0.25) is 0 Å². The number of anilines is 1. The van der Waals surface area contributed by atoms with Gasteiger partial charge in [0.1, 0.15) is 0 Å². The Morgan fingerprint density at radius 3 is 2.75 bits per heavy atom. The standard InChI is InChI=1S/C21H26N2O3S2/c1-3-14-7-8-15(21(24)25)12-20(14)27-23-19-13-16(28(2)26)9-10-17(19)18-6-4-5-11-22-18/h7-10,12-13,18,22-23H,3-6,11H2,1-2H3,(H,24,25). The van der Waals surface area contributed by atoms with Crippen LogP contribution in [-0.4, -0.2) is 28.1 Å². The average molecular weight is 419 g/mol. The van der Waals surface area contributed by atoms with E-state index in [4.69, 9.17) is 0 Å². The molecule has 1 fully saturated rings. The molecule has 1 aliphatic rings. The van der Waals surface area contributed by atoms with Gasteiger partial charge >= 0.3 is 5.97 Å². The van der Waals surface area contributed by atoms with E-state index < -0.39 is 16.8 Å². The zero-order chi connectivity index (χ0) is 20.1. The van der Waals surface area contributed by atoms with Crippen molar-refractivity contribution >= 4 is 34.4 Å². The topological polar surface area (TPSA) is 78.4 Å². The summed E-state index contributed by atoms with van der Waals surface area (Å²) in [5, 5.41) is 12.9. The van der Waals surface area contributed by atoms with Crippen molar-refractivity contribution in [2.75, 3.05) is 17.5 Å². The maximum absolute atomic E-state index is 12.0. The van der Waals surface area contributed by atoms with Gasteiger partial charge in [0.05, 0.1) is 11.3 Å². The fourth-order valence-corrected chi connectivity index (χ4v) is 4.88. The number of nitrogens with one attached hydrogen (secondary N) is 2. The summed E-state index contributed by atoms with van der Waals surface area (Å²) in [6.07, 6.45) is 5.94. The Hall–Kier alpha value is -1.83. The predicted molar refractivity (Wildman–Crippen MR) is 116 cm³/mol. The van der Waals surface area contributed by atoms with Crippen molar-refractivity contribution in [2.24, 2.45) is 0 Å². The van der Waals surface area contributed by atoms with Crippen LogP contribution in [0.1, 0.15) is 53.7 Å². The molecule has 1 heterocycles. The molecule has 3 N–H and O–H groups in total. The van der Waals surface area contributed by atoms with Gasteiger partial charge in [-0.15, -0.1) is 0 Å². The average Bonchev–Trinajstić information content (AvgIpc) is 2.72. The second-order valence-corrected chi connectivity index (χ2v) is 9.12. The number of aryl methyl sites for hydroxylation is 1. The third-order valence-corrected chi connectivity index (χ3v) is 6.85. The van der Waals surface area contributed by atoms with Crippen molar-refractivity contribution in [2.45, 2.75) is 48.4 Å². The molecule has 0 aliphatic carbocycles. The highest BCUT2D eigenvalue weighted by molar-refractivity contribution is 8.00. The largest absolute Gasteiger partial charge is 0.478 e. The third-order valence-electron chi connectivity index (χ3n) is 5.01. The van der Waals surface area contributed by atoms with Gasteiger partial charge < -0.3 is 15.1 Å². The zero-order valence-electron chi connectivity index (χ0n) is 16.2. The summed E-state index contributed by atoms with van der Waals surface area (Å²) in [7, 11) is -1.06. The molecular weight excluding hydrogens is 392 g/mol. The zero-order valence-corrected chi connectivity index (χ0v) is 17.8. The van der Waals surface area contributed by atoms with Crippen molar-refractivity contribution in [3.05, 3.63) is 53.1 Å². The molecule has 2 unspecified atom stereocenters. The van der Waals surface area contributed by atoms with Gasteiger partial charge in [0.25, 0.3) is 0 Å². The number of hydrogen-bond acceptors (Lipinski definition) is 5. The van der Waals surface area contributed by atoms with Gasteiger partial charge in [-0.25, -0.2) is 4.79 Å². The van der Waals surface area contributed by atoms with E-state index in [0.717, 1.165) is 46.0 Å². The lowest BCUT2D eigenvalue weighted by Gasteiger charge is -2.26. The lowest BCUT2D eigenvalue weighted by molar-refractivity contribution is 0.0696. The number of carbonyl (C=O) groups is 1. The number of hydrogen-bond donors (Lipinski definition) is 3. The summed E-state index contributed by atoms with van der Waals surface area (Å²) in [4.78, 5) is 13.0. The molecule has 7 heteroatoms. The predicted octanol–water partition coefficient (Wildman–Crippen LogP) is 4.62. The maximum Gasteiger partial charge on any atom is 0.335 e. The van der Waals surface area contributed by atoms with Crippen LogP contribution in [0.4, 0.5) is 5.69 Å². The van der Waals surface area contributed by atoms with Crippen LogP contribution >= 0.6 is 11.9 Å². The van der Waals surface area contributed by atoms with Crippen LogP contribution in [0.15, 0.2) is 46.2 Å². The van der Waals surface area contributed by atoms with Crippen molar-refractivity contribution in [3.8, 4) is 0 Å². The fourth-order valence-electron chi connectivity index (χ4n) is 3.41. The smallest absolute Gasteiger partial charge is 0.335 e. The molecule has 5 nitrogen and oxygen atoms in total. The van der Waals surface area contributed by atoms with Crippen LogP contribution in [-0.2, 0) is 17.2 Å². The number of rotatable bonds is 7. The van der Waals surface area contributed by atoms with E-state index in [9.17, 15) is 14.1 Å². The van der Waals surface area contributed by atoms with E-state index in [2.05, 4.69) is 23.0 Å². The van der Waals surface area contributed by atoms with E-state index in [-0.39, 0.29) is 11.6 Å². The van der Waals surface area contributed by atoms with E-state index in [0.29, 0.717) is 0 Å². The SMILES string of the molecule is CCc1ccc(C(=O)O)cc1SNc1cc(S(C)=O)ccc1C1CCCCN1. The summed E-state index contributed by atoms with van der Waals surface area (Å²) >= 11 is 1.41. The Balaban J connectivity index is 1.90. The molecule has 0 radical (unpaired) electrons. The van der Waals surface area contributed by atoms with Gasteiger partial charge in [-0.3, -0.25) is 4.21 Å². The van der Waals surface area contributed by atoms with Crippen LogP contribution in [0.2, 0.25) is 0 Å². The van der Waals surface area contributed by atoms with Gasteiger partial charge in [0, 0.05) is 32.9 Å². The number of carboxylic acids is 1. The van der Waals surface area contributed by atoms with Crippen LogP contribution in [0.3, 0.4) is 0 Å². The highest BCUT2D eigenvalue weighted by Gasteiger charge is 2.19. The molecule has 2 aromatic rings. The quantitative estimate of drug-likeness (QED) is 0.570. The molecular formula is C21H26N2O3S2. The van der Waals surface area contributed by atoms with E-state index >= 15 is 0 Å². The highest BCUT2D eigenvalue weighted by Crippen LogP contribution is 2.34. The molecule has 28 heavy (non-hydrogen) atoms. The summed E-state index contributed by atoms with van der Waals surface area (Å²) in [5.74, 6) is -0.931. The first-order chi connectivity index (χ1) is 13.5. The number of carboxylic acid groups (broad SMARTS) is 1. The lowest BCUT2D eigenvalue weighted by Crippen LogP contribution is -2.27. The van der Waals surface area contributed by atoms with Crippen LogP contribution in [0.5, 0.6) is 0 Å². The lowest BCUT2D eigenvalue weighted by atomic mass is 9.96. The normalized spacial score (nSPS) is 17.9.